The zero-order valence-electron chi connectivity index (χ0n) is 28.5. The molecule has 0 nitrogen and oxygen atoms in total. The molecule has 2 aliphatic carbocycles. The van der Waals surface area contributed by atoms with Gasteiger partial charge in [-0.25, -0.2) is 0 Å². The summed E-state index contributed by atoms with van der Waals surface area (Å²) in [5.74, 6) is -1.62. The Hall–Kier alpha value is -1.96. The van der Waals surface area contributed by atoms with Crippen LogP contribution in [0.25, 0.3) is 34.4 Å². The quantitative estimate of drug-likeness (QED) is 0.134. The second kappa shape index (κ2) is 13.5. The molecule has 0 N–H and O–H groups in total. The monoisotopic (exact) mass is 741 g/mol. The van der Waals surface area contributed by atoms with Gasteiger partial charge in [0.05, 0.1) is 0 Å². The van der Waals surface area contributed by atoms with Gasteiger partial charge in [-0.15, -0.1) is 0 Å². The van der Waals surface area contributed by atoms with Crippen molar-refractivity contribution in [1.29, 1.82) is 0 Å². The zero-order chi connectivity index (χ0) is 32.7. The van der Waals surface area contributed by atoms with Crippen LogP contribution in [-0.4, -0.2) is 5.92 Å². The van der Waals surface area contributed by atoms with E-state index in [2.05, 4.69) is 138 Å². The summed E-state index contributed by atoms with van der Waals surface area (Å²) in [6, 6.07) is 31.8. The van der Waals surface area contributed by atoms with Crippen molar-refractivity contribution >= 4 is 35.1 Å². The number of fused-ring (bicyclic) bond motifs is 2. The van der Waals surface area contributed by atoms with Crippen molar-refractivity contribution < 1.29 is 15.6 Å². The summed E-state index contributed by atoms with van der Waals surface area (Å²) in [7, 11) is 17.5. The molecule has 4 heteroatoms. The van der Waals surface area contributed by atoms with E-state index < -0.39 is 21.5 Å². The van der Waals surface area contributed by atoms with E-state index in [1.54, 1.807) is 0 Å². The summed E-state index contributed by atoms with van der Waals surface area (Å²) < 4.78 is 0.264. The first-order valence-electron chi connectivity index (χ1n) is 17.5. The predicted molar refractivity (Wildman–Crippen MR) is 204 cm³/mol. The summed E-state index contributed by atoms with van der Waals surface area (Å²) in [6.45, 7) is 13.9. The van der Waals surface area contributed by atoms with Gasteiger partial charge in [0.25, 0.3) is 0 Å². The normalized spacial score (nSPS) is 18.2. The third-order valence-electron chi connectivity index (χ3n) is 10.9. The Balaban J connectivity index is 1.59. The van der Waals surface area contributed by atoms with E-state index in [-0.39, 0.29) is 7.25 Å². The van der Waals surface area contributed by atoms with E-state index in [1.807, 2.05) is 0 Å². The Morgan fingerprint density at radius 3 is 1.33 bits per heavy atom. The zero-order valence-corrected chi connectivity index (χ0v) is 33.6. The molecular formula is C42H49Cl2SiZr. The van der Waals surface area contributed by atoms with Crippen LogP contribution in [0.3, 0.4) is 0 Å². The molecule has 0 heterocycles. The van der Waals surface area contributed by atoms with Gasteiger partial charge in [-0.2, -0.15) is 0 Å². The number of rotatable bonds is 11. The van der Waals surface area contributed by atoms with Crippen LogP contribution in [0.2, 0.25) is 13.1 Å². The molecule has 0 fully saturated rings. The number of unbranched alkanes of at least 4 members (excludes halogenated alkanes) is 2. The average Bonchev–Trinajstić information content (AvgIpc) is 3.63. The molecule has 239 valence electrons. The molecule has 2 aliphatic rings. The molecular weight excluding hydrogens is 695 g/mol. The van der Waals surface area contributed by atoms with E-state index in [0.29, 0.717) is 0 Å². The summed E-state index contributed by atoms with van der Waals surface area (Å²) in [5, 5.41) is 0. The van der Waals surface area contributed by atoms with Crippen LogP contribution < -0.4 is 0 Å². The Morgan fingerprint density at radius 2 is 0.978 bits per heavy atom. The molecule has 0 aliphatic heterocycles. The average molecular weight is 744 g/mol. The van der Waals surface area contributed by atoms with Gasteiger partial charge in [-0.05, 0) is 0 Å². The van der Waals surface area contributed by atoms with Crippen LogP contribution in [0.15, 0.2) is 96.1 Å². The summed E-state index contributed by atoms with van der Waals surface area (Å²) in [5.41, 5.74) is 16.2. The molecule has 4 aromatic rings. The van der Waals surface area contributed by atoms with Gasteiger partial charge in [0, 0.05) is 0 Å². The fourth-order valence-corrected chi connectivity index (χ4v) is 39.7. The van der Waals surface area contributed by atoms with E-state index in [1.165, 1.54) is 66.8 Å². The van der Waals surface area contributed by atoms with Crippen molar-refractivity contribution in [3.05, 3.63) is 129 Å². The van der Waals surface area contributed by atoms with Crippen molar-refractivity contribution in [3.8, 4) is 22.3 Å². The second-order valence-corrected chi connectivity index (χ2v) is 56.7. The van der Waals surface area contributed by atoms with E-state index in [0.717, 1.165) is 38.5 Å². The number of aryl methyl sites for hydroxylation is 2. The van der Waals surface area contributed by atoms with Gasteiger partial charge in [0.15, 0.2) is 0 Å². The molecule has 2 unspecified atom stereocenters. The van der Waals surface area contributed by atoms with Gasteiger partial charge in [-0.3, -0.25) is 0 Å². The molecule has 46 heavy (non-hydrogen) atoms. The number of halogens is 2. The standard InChI is InChI=1S/2C20H21.C2H7Si.2ClH.Zr/c2*1-3-4-6-16-13-18-7-5-8-19(20(18)14-16)17-11-9-15(2)10-12-17;1-3-2;;;/h2*5,7-14H,3-4,6H2,1-2H3;3H,1-2H3;2*1H;/q;;;;;+2/p-2. The third kappa shape index (κ3) is 5.85. The summed E-state index contributed by atoms with van der Waals surface area (Å²) in [6.07, 6.45) is 11.8. The van der Waals surface area contributed by atoms with Crippen molar-refractivity contribution in [1.82, 2.24) is 0 Å². The third-order valence-corrected chi connectivity index (χ3v) is 62.7. The molecule has 0 amide bonds. The minimum absolute atomic E-state index is 0.132. The molecule has 0 saturated heterocycles. The molecule has 0 radical (unpaired) electrons. The van der Waals surface area contributed by atoms with Crippen LogP contribution in [0.1, 0.15) is 93.0 Å². The number of hydrogen-bond acceptors (Lipinski definition) is 0. The van der Waals surface area contributed by atoms with E-state index in [9.17, 15) is 0 Å². The Kier molecular flexibility index (Phi) is 9.96. The minimum atomic E-state index is -4.82. The van der Waals surface area contributed by atoms with Crippen molar-refractivity contribution in [2.24, 2.45) is 0 Å². The van der Waals surface area contributed by atoms with Crippen LogP contribution in [0.4, 0.5) is 0 Å². The van der Waals surface area contributed by atoms with E-state index >= 15 is 0 Å². The molecule has 0 bridgehead atoms. The summed E-state index contributed by atoms with van der Waals surface area (Å²) in [4.78, 5) is 0. The Labute approximate surface area is 286 Å². The van der Waals surface area contributed by atoms with Crippen LogP contribution >= 0.6 is 17.0 Å². The van der Waals surface area contributed by atoms with Gasteiger partial charge in [0.1, 0.15) is 0 Å². The number of allylic oxidation sites excluding steroid dienone is 2. The van der Waals surface area contributed by atoms with Crippen LogP contribution in [0.5, 0.6) is 0 Å². The maximum atomic E-state index is 8.74. The fourth-order valence-electron chi connectivity index (χ4n) is 8.23. The molecule has 0 saturated carbocycles. The number of benzene rings is 4. The van der Waals surface area contributed by atoms with Crippen LogP contribution in [-0.2, 0) is 15.6 Å². The first kappa shape index (κ1) is 33.9. The molecule has 0 spiro atoms. The first-order valence-corrected chi connectivity index (χ1v) is 33.8. The van der Waals surface area contributed by atoms with Crippen LogP contribution in [0, 0.1) is 13.8 Å². The Bertz CT molecular complexity index is 1670. The SMILES string of the molecule is CCCCC1=Cc2c(-c3ccc(C)cc3)cccc2[CH]1[Zr]([Cl])([Cl])([CH]1C(CCCC)=Cc2c(-c3ccc(C)cc3)cccc21)[SiH](C)C. The predicted octanol–water partition coefficient (Wildman–Crippen LogP) is 13.6. The topological polar surface area (TPSA) is 0 Å². The number of hydrogen-bond donors (Lipinski definition) is 0. The summed E-state index contributed by atoms with van der Waals surface area (Å²) >= 11 is -4.82. The molecule has 2 atom stereocenters. The van der Waals surface area contributed by atoms with Gasteiger partial charge in [0.2, 0.25) is 0 Å². The van der Waals surface area contributed by atoms with Crippen molar-refractivity contribution in [2.45, 2.75) is 86.6 Å². The Morgan fingerprint density at radius 1 is 0.587 bits per heavy atom. The van der Waals surface area contributed by atoms with Gasteiger partial charge < -0.3 is 0 Å². The van der Waals surface area contributed by atoms with Crippen molar-refractivity contribution in [2.75, 3.05) is 0 Å². The maximum absolute atomic E-state index is 8.74. The fraction of sp³-hybridized carbons (Fsp3) is 0.333. The van der Waals surface area contributed by atoms with Gasteiger partial charge in [-0.1, -0.05) is 0 Å². The molecule has 0 aromatic heterocycles. The van der Waals surface area contributed by atoms with Crippen molar-refractivity contribution in [3.63, 3.8) is 0 Å². The van der Waals surface area contributed by atoms with E-state index in [4.69, 9.17) is 17.0 Å². The molecule has 4 aromatic carbocycles. The first-order chi connectivity index (χ1) is 22.1. The second-order valence-electron chi connectivity index (χ2n) is 14.2. The van der Waals surface area contributed by atoms with Gasteiger partial charge >= 0.3 is 289 Å². The molecule has 6 rings (SSSR count).